The Morgan fingerprint density at radius 2 is 1.76 bits per heavy atom. The molecule has 0 saturated carbocycles. The molecule has 0 aliphatic carbocycles. The summed E-state index contributed by atoms with van der Waals surface area (Å²) in [5.74, 6) is 1.58. The van der Waals surface area contributed by atoms with Gasteiger partial charge in [-0.3, -0.25) is 9.79 Å². The van der Waals surface area contributed by atoms with Crippen LogP contribution < -0.4 is 25.4 Å². The number of nitrogens with one attached hydrogen (secondary N) is 3. The van der Waals surface area contributed by atoms with Gasteiger partial charge in [-0.1, -0.05) is 29.8 Å². The highest BCUT2D eigenvalue weighted by molar-refractivity contribution is 6.30. The summed E-state index contributed by atoms with van der Waals surface area (Å²) in [5, 5.41) is 9.89. The summed E-state index contributed by atoms with van der Waals surface area (Å²) in [4.78, 5) is 15.8. The van der Waals surface area contributed by atoms with Crippen molar-refractivity contribution in [3.05, 3.63) is 58.6 Å². The number of hydrogen-bond donors (Lipinski definition) is 3. The third-order valence-corrected chi connectivity index (χ3v) is 4.23. The molecule has 0 atom stereocenters. The Kier molecular flexibility index (Phi) is 9.11. The molecule has 8 heteroatoms. The van der Waals surface area contributed by atoms with Gasteiger partial charge in [0.05, 0.1) is 7.11 Å². The number of nitrogens with zero attached hydrogens (tertiary/aromatic N) is 1. The second kappa shape index (κ2) is 11.8. The summed E-state index contributed by atoms with van der Waals surface area (Å²) >= 11 is 6.01. The quantitative estimate of drug-likeness (QED) is 0.430. The molecule has 0 radical (unpaired) electrons. The van der Waals surface area contributed by atoms with E-state index in [0.717, 1.165) is 11.1 Å². The molecule has 0 saturated heterocycles. The minimum Gasteiger partial charge on any atom is -0.493 e. The van der Waals surface area contributed by atoms with E-state index in [2.05, 4.69) is 20.9 Å². The summed E-state index contributed by atoms with van der Waals surface area (Å²) in [6, 6.07) is 13.2. The lowest BCUT2D eigenvalue weighted by molar-refractivity contribution is -0.123. The molecule has 2 aromatic rings. The molecular weight excluding hydrogens is 392 g/mol. The van der Waals surface area contributed by atoms with Gasteiger partial charge in [-0.15, -0.1) is 0 Å². The number of rotatable bonds is 9. The van der Waals surface area contributed by atoms with Crippen LogP contribution in [0.25, 0.3) is 0 Å². The van der Waals surface area contributed by atoms with E-state index in [1.165, 1.54) is 0 Å². The highest BCUT2D eigenvalue weighted by Crippen LogP contribution is 2.28. The van der Waals surface area contributed by atoms with Crippen molar-refractivity contribution >= 4 is 23.5 Å². The van der Waals surface area contributed by atoms with Crippen molar-refractivity contribution in [2.75, 3.05) is 27.3 Å². The topological polar surface area (TPSA) is 84.0 Å². The number of amides is 1. The summed E-state index contributed by atoms with van der Waals surface area (Å²) in [6.07, 6.45) is 0. The fraction of sp³-hybridized carbons (Fsp3) is 0.333. The molecule has 0 aliphatic rings. The lowest BCUT2D eigenvalue weighted by Gasteiger charge is -2.14. The molecule has 0 unspecified atom stereocenters. The minimum absolute atomic E-state index is 0.0537. The number of halogens is 1. The molecule has 0 bridgehead atoms. The van der Waals surface area contributed by atoms with Crippen LogP contribution in [-0.4, -0.2) is 39.2 Å². The molecule has 0 aliphatic heterocycles. The average Bonchev–Trinajstić information content (AvgIpc) is 2.73. The third-order valence-electron chi connectivity index (χ3n) is 3.99. The zero-order chi connectivity index (χ0) is 21.1. The van der Waals surface area contributed by atoms with E-state index in [0.29, 0.717) is 42.1 Å². The second-order valence-corrected chi connectivity index (χ2v) is 6.57. The third kappa shape index (κ3) is 7.54. The maximum absolute atomic E-state index is 11.6. The normalized spacial score (nSPS) is 11.0. The van der Waals surface area contributed by atoms with E-state index in [1.807, 2.05) is 43.3 Å². The van der Waals surface area contributed by atoms with Crippen LogP contribution in [0.5, 0.6) is 11.5 Å². The second-order valence-electron chi connectivity index (χ2n) is 6.14. The Morgan fingerprint density at radius 1 is 1.03 bits per heavy atom. The molecular formula is C21H27ClN4O3. The summed E-state index contributed by atoms with van der Waals surface area (Å²) < 4.78 is 10.9. The van der Waals surface area contributed by atoms with Crippen molar-refractivity contribution < 1.29 is 14.3 Å². The Balaban J connectivity index is 1.90. The number of likely N-dealkylation sites (N-methyl/N-ethyl adjacent to an activating group) is 1. The summed E-state index contributed by atoms with van der Waals surface area (Å²) in [5.41, 5.74) is 2.05. The van der Waals surface area contributed by atoms with Gasteiger partial charge in [-0.2, -0.15) is 0 Å². The first-order valence-corrected chi connectivity index (χ1v) is 9.68. The number of hydrogen-bond acceptors (Lipinski definition) is 4. The van der Waals surface area contributed by atoms with Crippen molar-refractivity contribution in [1.82, 2.24) is 16.0 Å². The van der Waals surface area contributed by atoms with Crippen LogP contribution in [0.4, 0.5) is 0 Å². The molecule has 1 amide bonds. The monoisotopic (exact) mass is 418 g/mol. The van der Waals surface area contributed by atoms with Crippen molar-refractivity contribution in [2.24, 2.45) is 4.99 Å². The van der Waals surface area contributed by atoms with Gasteiger partial charge in [0, 0.05) is 31.7 Å². The van der Waals surface area contributed by atoms with E-state index in [1.54, 1.807) is 20.2 Å². The largest absolute Gasteiger partial charge is 0.493 e. The van der Waals surface area contributed by atoms with E-state index in [-0.39, 0.29) is 12.5 Å². The van der Waals surface area contributed by atoms with Crippen LogP contribution in [0.1, 0.15) is 18.1 Å². The Bertz CT molecular complexity index is 842. The summed E-state index contributed by atoms with van der Waals surface area (Å²) in [6.45, 7) is 3.52. The van der Waals surface area contributed by atoms with E-state index in [9.17, 15) is 4.79 Å². The molecule has 29 heavy (non-hydrogen) atoms. The van der Waals surface area contributed by atoms with Crippen LogP contribution in [0.15, 0.2) is 47.5 Å². The van der Waals surface area contributed by atoms with Gasteiger partial charge in [-0.05, 0) is 42.3 Å². The van der Waals surface area contributed by atoms with Crippen LogP contribution >= 0.6 is 11.6 Å². The van der Waals surface area contributed by atoms with Gasteiger partial charge in [0.25, 0.3) is 5.91 Å². The van der Waals surface area contributed by atoms with E-state index < -0.39 is 0 Å². The maximum atomic E-state index is 11.6. The number of carbonyl (C=O) groups is 1. The molecule has 2 aromatic carbocycles. The van der Waals surface area contributed by atoms with Crippen LogP contribution in [-0.2, 0) is 17.9 Å². The molecule has 3 N–H and O–H groups in total. The van der Waals surface area contributed by atoms with Crippen molar-refractivity contribution in [1.29, 1.82) is 0 Å². The zero-order valence-corrected chi connectivity index (χ0v) is 17.7. The number of methoxy groups -OCH3 is 1. The molecule has 2 rings (SSSR count). The van der Waals surface area contributed by atoms with Crippen molar-refractivity contribution in [3.8, 4) is 11.5 Å². The van der Waals surface area contributed by atoms with Crippen molar-refractivity contribution in [3.63, 3.8) is 0 Å². The van der Waals surface area contributed by atoms with Gasteiger partial charge in [0.15, 0.2) is 24.1 Å². The number of ether oxygens (including phenoxy) is 2. The van der Waals surface area contributed by atoms with Crippen LogP contribution in [0.3, 0.4) is 0 Å². The fourth-order valence-corrected chi connectivity index (χ4v) is 2.78. The first-order chi connectivity index (χ1) is 14.0. The lowest BCUT2D eigenvalue weighted by atomic mass is 10.2. The zero-order valence-electron chi connectivity index (χ0n) is 16.9. The number of aliphatic imine (C=N–C) groups is 1. The molecule has 0 fully saturated rings. The van der Waals surface area contributed by atoms with E-state index >= 15 is 0 Å². The smallest absolute Gasteiger partial charge is 0.257 e. The van der Waals surface area contributed by atoms with Gasteiger partial charge < -0.3 is 25.4 Å². The van der Waals surface area contributed by atoms with E-state index in [4.69, 9.17) is 21.1 Å². The first kappa shape index (κ1) is 22.4. The predicted octanol–water partition coefficient (Wildman–Crippen LogP) is 2.73. The number of guanidine groups is 1. The van der Waals surface area contributed by atoms with Crippen LogP contribution in [0.2, 0.25) is 5.02 Å². The molecule has 0 heterocycles. The standard InChI is InChI=1S/C21H27ClN4O3/c1-4-24-20(27)14-29-18-9-8-16(11-19(18)28-3)13-26-21(23-2)25-12-15-6-5-7-17(22)10-15/h5-11H,4,12-14H2,1-3H3,(H,24,27)(H2,23,25,26). The fourth-order valence-electron chi connectivity index (χ4n) is 2.57. The Labute approximate surface area is 176 Å². The lowest BCUT2D eigenvalue weighted by Crippen LogP contribution is -2.36. The van der Waals surface area contributed by atoms with Gasteiger partial charge in [0.1, 0.15) is 0 Å². The number of benzene rings is 2. The highest BCUT2D eigenvalue weighted by atomic mass is 35.5. The highest BCUT2D eigenvalue weighted by Gasteiger charge is 2.09. The number of carbonyl (C=O) groups excluding carboxylic acids is 1. The Morgan fingerprint density at radius 3 is 2.38 bits per heavy atom. The molecule has 156 valence electrons. The average molecular weight is 419 g/mol. The maximum Gasteiger partial charge on any atom is 0.257 e. The van der Waals surface area contributed by atoms with Gasteiger partial charge >= 0.3 is 0 Å². The first-order valence-electron chi connectivity index (χ1n) is 9.31. The SMILES string of the molecule is CCNC(=O)COc1ccc(CNC(=NC)NCc2cccc(Cl)c2)cc1OC. The molecule has 0 spiro atoms. The van der Waals surface area contributed by atoms with Gasteiger partial charge in [-0.25, -0.2) is 0 Å². The molecule has 0 aromatic heterocycles. The van der Waals surface area contributed by atoms with Crippen molar-refractivity contribution in [2.45, 2.75) is 20.0 Å². The molecule has 7 nitrogen and oxygen atoms in total. The van der Waals surface area contributed by atoms with Crippen LogP contribution in [0, 0.1) is 0 Å². The van der Waals surface area contributed by atoms with Gasteiger partial charge in [0.2, 0.25) is 0 Å². The summed E-state index contributed by atoms with van der Waals surface area (Å²) in [7, 11) is 3.28. The predicted molar refractivity (Wildman–Crippen MR) is 116 cm³/mol. The minimum atomic E-state index is -0.171. The Hall–Kier alpha value is -2.93.